The predicted molar refractivity (Wildman–Crippen MR) is 57.1 cm³/mol. The van der Waals surface area contributed by atoms with Gasteiger partial charge in [0.25, 0.3) is 0 Å². The Kier molecular flexibility index (Phi) is 3.60. The number of carbonyl (C=O) groups excluding carboxylic acids is 1. The molecular weight excluding hydrogens is 214 g/mol. The van der Waals surface area contributed by atoms with Gasteiger partial charge >= 0.3 is 0 Å². The van der Waals surface area contributed by atoms with Crippen molar-refractivity contribution in [1.82, 2.24) is 4.31 Å². The van der Waals surface area contributed by atoms with Crippen molar-refractivity contribution in [2.24, 2.45) is 0 Å². The third-order valence-electron chi connectivity index (χ3n) is 2.00. The third kappa shape index (κ3) is 2.64. The number of benzene rings is 1. The Balaban J connectivity index is 3.16. The SMILES string of the molecule is CN(C)S(=O)(=O)c1cccc(CC=O)c1. The highest BCUT2D eigenvalue weighted by Gasteiger charge is 2.16. The van der Waals surface area contributed by atoms with Gasteiger partial charge in [0.1, 0.15) is 6.29 Å². The van der Waals surface area contributed by atoms with Crippen molar-refractivity contribution in [2.45, 2.75) is 11.3 Å². The Bertz CT molecular complexity index is 451. The summed E-state index contributed by atoms with van der Waals surface area (Å²) < 4.78 is 24.6. The molecule has 0 fully saturated rings. The van der Waals surface area contributed by atoms with Crippen LogP contribution in [0.3, 0.4) is 0 Å². The second-order valence-electron chi connectivity index (χ2n) is 3.31. The predicted octanol–water partition coefficient (Wildman–Crippen LogP) is 0.678. The second-order valence-corrected chi connectivity index (χ2v) is 5.46. The lowest BCUT2D eigenvalue weighted by atomic mass is 10.2. The standard InChI is InChI=1S/C10H13NO3S/c1-11(2)15(13,14)10-5-3-4-9(8-10)6-7-12/h3-5,7-8H,6H2,1-2H3. The van der Waals surface area contributed by atoms with E-state index < -0.39 is 10.0 Å². The van der Waals surface area contributed by atoms with Crippen molar-refractivity contribution in [2.75, 3.05) is 14.1 Å². The molecule has 0 N–H and O–H groups in total. The van der Waals surface area contributed by atoms with E-state index >= 15 is 0 Å². The number of rotatable bonds is 4. The number of aldehydes is 1. The van der Waals surface area contributed by atoms with Crippen LogP contribution in [0.15, 0.2) is 29.2 Å². The Labute approximate surface area is 89.6 Å². The average molecular weight is 227 g/mol. The summed E-state index contributed by atoms with van der Waals surface area (Å²) in [5.41, 5.74) is 0.702. The maximum absolute atomic E-state index is 11.7. The first-order valence-electron chi connectivity index (χ1n) is 4.43. The highest BCUT2D eigenvalue weighted by molar-refractivity contribution is 7.89. The number of carbonyl (C=O) groups is 1. The molecule has 1 rings (SSSR count). The van der Waals surface area contributed by atoms with E-state index in [4.69, 9.17) is 0 Å². The van der Waals surface area contributed by atoms with Gasteiger partial charge in [0.15, 0.2) is 0 Å². The lowest BCUT2D eigenvalue weighted by Crippen LogP contribution is -2.22. The molecular formula is C10H13NO3S. The Morgan fingerprint density at radius 1 is 1.33 bits per heavy atom. The molecule has 1 aromatic rings. The highest BCUT2D eigenvalue weighted by Crippen LogP contribution is 2.14. The van der Waals surface area contributed by atoms with Crippen LogP contribution in [0.1, 0.15) is 5.56 Å². The number of sulfonamides is 1. The lowest BCUT2D eigenvalue weighted by Gasteiger charge is -2.11. The van der Waals surface area contributed by atoms with Crippen molar-refractivity contribution in [3.63, 3.8) is 0 Å². The van der Waals surface area contributed by atoms with Gasteiger partial charge in [-0.3, -0.25) is 0 Å². The zero-order valence-electron chi connectivity index (χ0n) is 8.67. The van der Waals surface area contributed by atoms with Crippen LogP contribution in [0.5, 0.6) is 0 Å². The molecule has 4 nitrogen and oxygen atoms in total. The van der Waals surface area contributed by atoms with Gasteiger partial charge in [0.2, 0.25) is 10.0 Å². The average Bonchev–Trinajstić information content (AvgIpc) is 2.18. The second kappa shape index (κ2) is 4.55. The van der Waals surface area contributed by atoms with E-state index in [1.54, 1.807) is 12.1 Å². The zero-order chi connectivity index (χ0) is 11.5. The van der Waals surface area contributed by atoms with E-state index in [1.807, 2.05) is 0 Å². The summed E-state index contributed by atoms with van der Waals surface area (Å²) in [5.74, 6) is 0. The number of hydrogen-bond donors (Lipinski definition) is 0. The first kappa shape index (κ1) is 11.9. The van der Waals surface area contributed by atoms with Crippen molar-refractivity contribution in [3.8, 4) is 0 Å². The van der Waals surface area contributed by atoms with Crippen LogP contribution < -0.4 is 0 Å². The smallest absolute Gasteiger partial charge is 0.242 e. The molecule has 0 atom stereocenters. The molecule has 0 aliphatic carbocycles. The molecule has 5 heteroatoms. The molecule has 0 aliphatic heterocycles. The number of nitrogens with zero attached hydrogens (tertiary/aromatic N) is 1. The molecule has 15 heavy (non-hydrogen) atoms. The summed E-state index contributed by atoms with van der Waals surface area (Å²) in [6, 6.07) is 6.39. The van der Waals surface area contributed by atoms with E-state index in [1.165, 1.54) is 26.2 Å². The fourth-order valence-corrected chi connectivity index (χ4v) is 2.11. The minimum atomic E-state index is -3.40. The van der Waals surface area contributed by atoms with Gasteiger partial charge in [0, 0.05) is 20.5 Å². The van der Waals surface area contributed by atoms with Crippen molar-refractivity contribution in [1.29, 1.82) is 0 Å². The molecule has 0 aromatic heterocycles. The molecule has 1 aromatic carbocycles. The van der Waals surface area contributed by atoms with Gasteiger partial charge < -0.3 is 4.79 Å². The van der Waals surface area contributed by atoms with E-state index in [0.29, 0.717) is 5.56 Å². The van der Waals surface area contributed by atoms with Crippen molar-refractivity contribution >= 4 is 16.3 Å². The summed E-state index contributed by atoms with van der Waals surface area (Å²) >= 11 is 0. The summed E-state index contributed by atoms with van der Waals surface area (Å²) in [7, 11) is -0.452. The summed E-state index contributed by atoms with van der Waals surface area (Å²) in [4.78, 5) is 10.5. The van der Waals surface area contributed by atoms with Gasteiger partial charge in [0.05, 0.1) is 4.90 Å². The molecule has 0 heterocycles. The summed E-state index contributed by atoms with van der Waals surface area (Å²) in [6.45, 7) is 0. The van der Waals surface area contributed by atoms with E-state index in [0.717, 1.165) is 10.6 Å². The van der Waals surface area contributed by atoms with Crippen LogP contribution in [0.25, 0.3) is 0 Å². The first-order valence-corrected chi connectivity index (χ1v) is 5.87. The van der Waals surface area contributed by atoms with Gasteiger partial charge in [-0.1, -0.05) is 12.1 Å². The molecule has 0 saturated heterocycles. The molecule has 0 saturated carbocycles. The van der Waals surface area contributed by atoms with Gasteiger partial charge in [-0.05, 0) is 17.7 Å². The largest absolute Gasteiger partial charge is 0.303 e. The van der Waals surface area contributed by atoms with Gasteiger partial charge in [-0.2, -0.15) is 0 Å². The third-order valence-corrected chi connectivity index (χ3v) is 3.81. The molecule has 0 aliphatic rings. The Morgan fingerprint density at radius 2 is 2.00 bits per heavy atom. The van der Waals surface area contributed by atoms with Crippen LogP contribution in [0, 0.1) is 0 Å². The molecule has 82 valence electrons. The van der Waals surface area contributed by atoms with Crippen LogP contribution in [0.4, 0.5) is 0 Å². The first-order chi connectivity index (χ1) is 6.98. The van der Waals surface area contributed by atoms with E-state index in [9.17, 15) is 13.2 Å². The van der Waals surface area contributed by atoms with Crippen LogP contribution in [0.2, 0.25) is 0 Å². The minimum absolute atomic E-state index is 0.215. The Hall–Kier alpha value is -1.20. The molecule has 0 spiro atoms. The van der Waals surface area contributed by atoms with Gasteiger partial charge in [-0.25, -0.2) is 12.7 Å². The molecule has 0 bridgehead atoms. The monoisotopic (exact) mass is 227 g/mol. The highest BCUT2D eigenvalue weighted by atomic mass is 32.2. The quantitative estimate of drug-likeness (QED) is 0.711. The van der Waals surface area contributed by atoms with Crippen LogP contribution in [-0.4, -0.2) is 33.1 Å². The van der Waals surface area contributed by atoms with Crippen molar-refractivity contribution < 1.29 is 13.2 Å². The Morgan fingerprint density at radius 3 is 2.53 bits per heavy atom. The van der Waals surface area contributed by atoms with Crippen LogP contribution >= 0.6 is 0 Å². The molecule has 0 amide bonds. The fourth-order valence-electron chi connectivity index (χ4n) is 1.14. The maximum atomic E-state index is 11.7. The minimum Gasteiger partial charge on any atom is -0.303 e. The van der Waals surface area contributed by atoms with Gasteiger partial charge in [-0.15, -0.1) is 0 Å². The lowest BCUT2D eigenvalue weighted by molar-refractivity contribution is -0.107. The van der Waals surface area contributed by atoms with Crippen molar-refractivity contribution in [3.05, 3.63) is 29.8 Å². The van der Waals surface area contributed by atoms with Crippen LogP contribution in [-0.2, 0) is 21.2 Å². The molecule has 0 unspecified atom stereocenters. The normalized spacial score (nSPS) is 11.7. The maximum Gasteiger partial charge on any atom is 0.242 e. The zero-order valence-corrected chi connectivity index (χ0v) is 9.49. The number of hydrogen-bond acceptors (Lipinski definition) is 3. The fraction of sp³-hybridized carbons (Fsp3) is 0.300. The summed E-state index contributed by atoms with van der Waals surface area (Å²) in [5, 5.41) is 0. The molecule has 0 radical (unpaired) electrons. The summed E-state index contributed by atoms with van der Waals surface area (Å²) in [6.07, 6.45) is 0.984. The topological polar surface area (TPSA) is 54.5 Å². The van der Waals surface area contributed by atoms with E-state index in [-0.39, 0.29) is 11.3 Å². The van der Waals surface area contributed by atoms with E-state index in [2.05, 4.69) is 0 Å².